The number of nitrogens with one attached hydrogen (secondary N) is 4. The molecule has 1 aromatic heterocycles. The number of aromatic nitrogens is 1. The smallest absolute Gasteiger partial charge is 0.326 e. The van der Waals surface area contributed by atoms with Crippen molar-refractivity contribution in [2.24, 2.45) is 11.5 Å². The number of primary amides is 1. The number of nitrogens with two attached hydrogens (primary N) is 2. The fraction of sp³-hybridized carbons (Fsp3) is 0.381. The Balaban J connectivity index is 1.98. The van der Waals surface area contributed by atoms with Crippen LogP contribution in [0.1, 0.15) is 12.0 Å². The quantitative estimate of drug-likeness (QED) is 0.130. The Hall–Kier alpha value is -3.62. The maximum atomic E-state index is 12.6. The van der Waals surface area contributed by atoms with Gasteiger partial charge in [-0.25, -0.2) is 4.79 Å². The summed E-state index contributed by atoms with van der Waals surface area (Å²) in [6.45, 7) is -0.881. The first-order valence-electron chi connectivity index (χ1n) is 10.5. The maximum absolute atomic E-state index is 12.6. The Morgan fingerprint density at radius 2 is 1.57 bits per heavy atom. The number of fused-ring (bicyclic) bond motifs is 1. The number of amides is 4. The molecule has 0 fully saturated rings. The van der Waals surface area contributed by atoms with Crippen LogP contribution in [-0.2, 0) is 30.4 Å². The molecule has 2 rings (SSSR count). The molecule has 35 heavy (non-hydrogen) atoms. The first-order chi connectivity index (χ1) is 16.6. The number of thiol groups is 1. The topological polar surface area (TPSA) is 230 Å². The molecule has 4 atom stereocenters. The van der Waals surface area contributed by atoms with Gasteiger partial charge in [-0.2, -0.15) is 12.6 Å². The van der Waals surface area contributed by atoms with E-state index in [0.29, 0.717) is 0 Å². The normalized spacial score (nSPS) is 14.4. The van der Waals surface area contributed by atoms with Crippen molar-refractivity contribution in [1.29, 1.82) is 0 Å². The van der Waals surface area contributed by atoms with E-state index in [2.05, 4.69) is 28.2 Å². The molecule has 1 heterocycles. The van der Waals surface area contributed by atoms with Crippen LogP contribution >= 0.6 is 12.6 Å². The molecule has 0 aliphatic heterocycles. The second-order valence-electron chi connectivity index (χ2n) is 7.73. The Labute approximate surface area is 205 Å². The number of para-hydroxylation sites is 1. The SMILES string of the molecule is NC(=O)CC(NC(=O)C(CO)NC(=O)C(CS)NC(=O)C(N)Cc1c[nH]c2ccccc12)C(=O)O. The van der Waals surface area contributed by atoms with Crippen LogP contribution in [0.25, 0.3) is 10.9 Å². The lowest BCUT2D eigenvalue weighted by Crippen LogP contribution is -2.58. The van der Waals surface area contributed by atoms with Gasteiger partial charge in [-0.1, -0.05) is 18.2 Å². The lowest BCUT2D eigenvalue weighted by molar-refractivity contribution is -0.144. The van der Waals surface area contributed by atoms with Crippen LogP contribution in [0.15, 0.2) is 30.5 Å². The number of aromatic amines is 1. The van der Waals surface area contributed by atoms with Gasteiger partial charge in [0.25, 0.3) is 0 Å². The number of hydrogen-bond acceptors (Lipinski definition) is 8. The molecule has 0 radical (unpaired) electrons. The molecule has 0 saturated carbocycles. The predicted molar refractivity (Wildman–Crippen MR) is 128 cm³/mol. The van der Waals surface area contributed by atoms with E-state index >= 15 is 0 Å². The maximum Gasteiger partial charge on any atom is 0.326 e. The second-order valence-corrected chi connectivity index (χ2v) is 8.09. The number of carbonyl (C=O) groups excluding carboxylic acids is 4. The van der Waals surface area contributed by atoms with Gasteiger partial charge in [0.15, 0.2) is 0 Å². The number of carbonyl (C=O) groups is 5. The van der Waals surface area contributed by atoms with Crippen molar-refractivity contribution in [3.8, 4) is 0 Å². The van der Waals surface area contributed by atoms with E-state index in [-0.39, 0.29) is 12.2 Å². The summed E-state index contributed by atoms with van der Waals surface area (Å²) < 4.78 is 0. The van der Waals surface area contributed by atoms with Gasteiger partial charge in [-0.3, -0.25) is 19.2 Å². The zero-order chi connectivity index (χ0) is 26.1. The molecule has 190 valence electrons. The van der Waals surface area contributed by atoms with E-state index in [1.807, 2.05) is 29.6 Å². The molecule has 0 saturated heterocycles. The third-order valence-corrected chi connectivity index (χ3v) is 5.47. The molecule has 4 unspecified atom stereocenters. The van der Waals surface area contributed by atoms with E-state index in [1.165, 1.54) is 0 Å². The van der Waals surface area contributed by atoms with Crippen molar-refractivity contribution in [2.45, 2.75) is 37.0 Å². The van der Waals surface area contributed by atoms with E-state index in [9.17, 15) is 29.1 Å². The van der Waals surface area contributed by atoms with Crippen LogP contribution in [0.2, 0.25) is 0 Å². The number of aliphatic hydroxyl groups excluding tert-OH is 1. The molecule has 0 spiro atoms. The molecule has 0 bridgehead atoms. The monoisotopic (exact) mass is 508 g/mol. The number of carboxylic acid groups (broad SMARTS) is 1. The van der Waals surface area contributed by atoms with Crippen LogP contribution in [0.5, 0.6) is 0 Å². The molecule has 2 aromatic rings. The summed E-state index contributed by atoms with van der Waals surface area (Å²) in [4.78, 5) is 62.7. The number of aliphatic carboxylic acids is 1. The van der Waals surface area contributed by atoms with Crippen molar-refractivity contribution in [3.05, 3.63) is 36.0 Å². The number of carboxylic acids is 1. The molecule has 4 amide bonds. The number of aliphatic hydroxyl groups is 1. The van der Waals surface area contributed by atoms with Crippen LogP contribution < -0.4 is 27.4 Å². The Bertz CT molecular complexity index is 1090. The number of hydrogen-bond donors (Lipinski definition) is 9. The van der Waals surface area contributed by atoms with Crippen molar-refractivity contribution in [3.63, 3.8) is 0 Å². The molecular formula is C21H28N6O7S. The molecule has 14 heteroatoms. The van der Waals surface area contributed by atoms with Crippen molar-refractivity contribution in [1.82, 2.24) is 20.9 Å². The third kappa shape index (κ3) is 7.70. The molecule has 13 nitrogen and oxygen atoms in total. The van der Waals surface area contributed by atoms with Crippen LogP contribution in [-0.4, -0.2) is 81.3 Å². The van der Waals surface area contributed by atoms with Crippen molar-refractivity contribution < 1.29 is 34.2 Å². The number of H-pyrrole nitrogens is 1. The summed E-state index contributed by atoms with van der Waals surface area (Å²) in [5.74, 6) is -5.20. The molecule has 0 aliphatic rings. The lowest BCUT2D eigenvalue weighted by Gasteiger charge is -2.23. The zero-order valence-electron chi connectivity index (χ0n) is 18.6. The highest BCUT2D eigenvalue weighted by molar-refractivity contribution is 7.80. The van der Waals surface area contributed by atoms with E-state index in [4.69, 9.17) is 16.6 Å². The number of benzene rings is 1. The van der Waals surface area contributed by atoms with Gasteiger partial charge in [0.1, 0.15) is 18.1 Å². The zero-order valence-corrected chi connectivity index (χ0v) is 19.5. The minimum atomic E-state index is -1.64. The summed E-state index contributed by atoms with van der Waals surface area (Å²) in [7, 11) is 0. The van der Waals surface area contributed by atoms with Crippen molar-refractivity contribution in [2.75, 3.05) is 12.4 Å². The van der Waals surface area contributed by atoms with Crippen LogP contribution in [0.3, 0.4) is 0 Å². The number of rotatable bonds is 13. The minimum absolute atomic E-state index is 0.156. The van der Waals surface area contributed by atoms with Gasteiger partial charge in [0.05, 0.1) is 19.1 Å². The minimum Gasteiger partial charge on any atom is -0.480 e. The summed E-state index contributed by atoms with van der Waals surface area (Å²) in [6.07, 6.45) is 1.25. The average Bonchev–Trinajstić information content (AvgIpc) is 3.22. The fourth-order valence-corrected chi connectivity index (χ4v) is 3.50. The molecule has 0 aliphatic carbocycles. The Morgan fingerprint density at radius 3 is 2.17 bits per heavy atom. The third-order valence-electron chi connectivity index (χ3n) is 5.10. The van der Waals surface area contributed by atoms with Crippen molar-refractivity contribution >= 4 is 53.1 Å². The Morgan fingerprint density at radius 1 is 0.971 bits per heavy atom. The predicted octanol–water partition coefficient (Wildman–Crippen LogP) is -2.63. The van der Waals surface area contributed by atoms with Crippen LogP contribution in [0, 0.1) is 0 Å². The van der Waals surface area contributed by atoms with Gasteiger partial charge in [-0.05, 0) is 18.1 Å². The van der Waals surface area contributed by atoms with E-state index < -0.39 is 66.8 Å². The van der Waals surface area contributed by atoms with Gasteiger partial charge < -0.3 is 42.6 Å². The summed E-state index contributed by atoms with van der Waals surface area (Å²) >= 11 is 4.05. The highest BCUT2D eigenvalue weighted by Crippen LogP contribution is 2.18. The van der Waals surface area contributed by atoms with Gasteiger partial charge in [-0.15, -0.1) is 0 Å². The average molecular weight is 509 g/mol. The highest BCUT2D eigenvalue weighted by atomic mass is 32.1. The summed E-state index contributed by atoms with van der Waals surface area (Å²) in [5, 5.41) is 26.2. The lowest BCUT2D eigenvalue weighted by atomic mass is 10.0. The fourth-order valence-electron chi connectivity index (χ4n) is 3.24. The van der Waals surface area contributed by atoms with E-state index in [0.717, 1.165) is 16.5 Å². The first kappa shape index (κ1) is 27.6. The van der Waals surface area contributed by atoms with Gasteiger partial charge in [0.2, 0.25) is 23.6 Å². The van der Waals surface area contributed by atoms with Gasteiger partial charge >= 0.3 is 5.97 Å². The second kappa shape index (κ2) is 12.7. The summed E-state index contributed by atoms with van der Waals surface area (Å²) in [6, 6.07) is 2.08. The summed E-state index contributed by atoms with van der Waals surface area (Å²) in [5.41, 5.74) is 12.7. The Kier molecular flexibility index (Phi) is 10.1. The van der Waals surface area contributed by atoms with Crippen LogP contribution in [0.4, 0.5) is 0 Å². The van der Waals surface area contributed by atoms with E-state index in [1.54, 1.807) is 6.20 Å². The standard InChI is InChI=1S/C21H28N6O7S/c22-12(5-10-7-24-13-4-2-1-3-11(10)13)18(30)27-16(9-35)20(32)26-15(8-28)19(31)25-14(21(33)34)6-17(23)29/h1-4,7,12,14-16,24,28,35H,5-6,8-9,22H2,(H2,23,29)(H,25,31)(H,26,32)(H,27,30)(H,33,34). The molecule has 1 aromatic carbocycles. The first-order valence-corrected chi connectivity index (χ1v) is 11.1. The molecular weight excluding hydrogens is 480 g/mol. The molecule has 10 N–H and O–H groups in total. The largest absolute Gasteiger partial charge is 0.480 e. The van der Waals surface area contributed by atoms with Gasteiger partial charge in [0, 0.05) is 22.9 Å². The highest BCUT2D eigenvalue weighted by Gasteiger charge is 2.30.